The maximum absolute atomic E-state index is 13.4. The molecule has 13 atom stereocenters. The number of aliphatic hydroxyl groups excluding tert-OH is 3. The lowest BCUT2D eigenvalue weighted by molar-refractivity contribution is -0.374. The van der Waals surface area contributed by atoms with Crippen molar-refractivity contribution in [3.05, 3.63) is 21.7 Å². The highest BCUT2D eigenvalue weighted by Gasteiger charge is 2.79. The average Bonchev–Trinajstić information content (AvgIpc) is 3.73. The first-order valence-electron chi connectivity index (χ1n) is 19.3. The molecule has 4 heterocycles. The number of aromatic nitrogens is 1. The minimum atomic E-state index is -3.65. The molecule has 58 heavy (non-hydrogen) atoms. The van der Waals surface area contributed by atoms with E-state index in [-0.39, 0.29) is 35.3 Å². The van der Waals surface area contributed by atoms with Crippen LogP contribution in [0.25, 0.3) is 6.08 Å². The van der Waals surface area contributed by atoms with E-state index in [0.29, 0.717) is 31.0 Å². The summed E-state index contributed by atoms with van der Waals surface area (Å²) in [6.07, 6.45) is -6.97. The quantitative estimate of drug-likeness (QED) is 0.141. The fourth-order valence-corrected chi connectivity index (χ4v) is 8.70. The van der Waals surface area contributed by atoms with Gasteiger partial charge in [0, 0.05) is 17.7 Å². The van der Waals surface area contributed by atoms with Gasteiger partial charge in [-0.1, -0.05) is 34.1 Å². The Kier molecular flexibility index (Phi) is 14.6. The number of nitrogens with zero attached hydrogens (tertiary/aromatic N) is 1. The SMILES string of the molecule is CC(=O)C(O)[C@H]1O[C@H](OCc2nc(C=C(C)[C@@H]3C[C@@H]4O[C@@H]4CCC[C@H](C)[C@H](O)[C@@H](C)C(=O)C(C)(C)[C@@H](O)CC(=O)O3)cs2)[C@@](O)(C(C)=O)[C@](O)(C(C)=O)[C@@]1(O)C(C)=O. The normalized spacial score (nSPS) is 38.3. The summed E-state index contributed by atoms with van der Waals surface area (Å²) < 4.78 is 23.0. The van der Waals surface area contributed by atoms with Gasteiger partial charge in [0.15, 0.2) is 35.0 Å². The van der Waals surface area contributed by atoms with Gasteiger partial charge >= 0.3 is 5.97 Å². The molecule has 6 N–H and O–H groups in total. The molecule has 3 aliphatic rings. The number of hydrogen-bond donors (Lipinski definition) is 6. The van der Waals surface area contributed by atoms with Gasteiger partial charge in [0.25, 0.3) is 0 Å². The van der Waals surface area contributed by atoms with Crippen LogP contribution in [-0.4, -0.2) is 136 Å². The number of carbonyl (C=O) groups excluding carboxylic acids is 6. The Morgan fingerprint density at radius 3 is 2.14 bits per heavy atom. The van der Waals surface area contributed by atoms with Crippen molar-refractivity contribution in [3.8, 4) is 0 Å². The fourth-order valence-electron chi connectivity index (χ4n) is 8.03. The number of cyclic esters (lactones) is 1. The third-order valence-corrected chi connectivity index (χ3v) is 13.0. The predicted molar refractivity (Wildman–Crippen MR) is 204 cm³/mol. The van der Waals surface area contributed by atoms with E-state index in [1.807, 2.05) is 6.92 Å². The molecule has 0 saturated carbocycles. The van der Waals surface area contributed by atoms with E-state index in [1.165, 1.54) is 13.8 Å². The monoisotopic (exact) mass is 839 g/mol. The maximum atomic E-state index is 13.4. The molecule has 0 aromatic carbocycles. The Morgan fingerprint density at radius 1 is 0.948 bits per heavy atom. The molecule has 3 aliphatic heterocycles. The summed E-state index contributed by atoms with van der Waals surface area (Å²) in [7, 11) is 0. The summed E-state index contributed by atoms with van der Waals surface area (Å²) in [4.78, 5) is 82.3. The molecule has 324 valence electrons. The van der Waals surface area contributed by atoms with Crippen LogP contribution in [0, 0.1) is 17.3 Å². The third kappa shape index (κ3) is 8.82. The topological polar surface area (TPSA) is 277 Å². The first-order chi connectivity index (χ1) is 26.8. The molecule has 3 fully saturated rings. The zero-order valence-electron chi connectivity index (χ0n) is 34.3. The second-order valence-electron chi connectivity index (χ2n) is 16.6. The lowest BCUT2D eigenvalue weighted by atomic mass is 9.60. The molecule has 1 aromatic rings. The molecule has 1 aromatic heterocycles. The van der Waals surface area contributed by atoms with E-state index in [2.05, 4.69) is 4.98 Å². The van der Waals surface area contributed by atoms with E-state index in [4.69, 9.17) is 18.9 Å². The van der Waals surface area contributed by atoms with Crippen molar-refractivity contribution in [2.24, 2.45) is 17.3 Å². The van der Waals surface area contributed by atoms with Gasteiger partial charge in [-0.05, 0) is 65.0 Å². The Bertz CT molecular complexity index is 1790. The highest BCUT2D eigenvalue weighted by Crippen LogP contribution is 2.48. The highest BCUT2D eigenvalue weighted by atomic mass is 32.1. The number of ether oxygens (including phenoxy) is 4. The zero-order chi connectivity index (χ0) is 43.9. The van der Waals surface area contributed by atoms with Gasteiger partial charge < -0.3 is 49.6 Å². The van der Waals surface area contributed by atoms with Crippen LogP contribution in [0.3, 0.4) is 0 Å². The Hall–Kier alpha value is -3.17. The van der Waals surface area contributed by atoms with Crippen molar-refractivity contribution in [3.63, 3.8) is 0 Å². The number of thiazole rings is 1. The average molecular weight is 840 g/mol. The van der Waals surface area contributed by atoms with E-state index in [1.54, 1.807) is 25.3 Å². The van der Waals surface area contributed by atoms with Crippen LogP contribution in [0.4, 0.5) is 0 Å². The third-order valence-electron chi connectivity index (χ3n) is 12.1. The van der Waals surface area contributed by atoms with Crippen LogP contribution in [0.1, 0.15) is 105 Å². The van der Waals surface area contributed by atoms with Gasteiger partial charge in [-0.15, -0.1) is 11.3 Å². The Balaban J connectivity index is 1.59. The van der Waals surface area contributed by atoms with E-state index in [0.717, 1.165) is 38.5 Å². The van der Waals surface area contributed by atoms with Crippen molar-refractivity contribution in [1.82, 2.24) is 4.98 Å². The van der Waals surface area contributed by atoms with Gasteiger partial charge in [-0.25, -0.2) is 4.98 Å². The Labute approximate surface area is 340 Å². The summed E-state index contributed by atoms with van der Waals surface area (Å²) in [5.74, 6) is -7.33. The summed E-state index contributed by atoms with van der Waals surface area (Å²) in [5.41, 5.74) is -11.0. The van der Waals surface area contributed by atoms with Crippen molar-refractivity contribution < 1.29 is 78.4 Å². The van der Waals surface area contributed by atoms with Crippen LogP contribution in [0.15, 0.2) is 11.0 Å². The molecule has 0 amide bonds. The smallest absolute Gasteiger partial charge is 0.309 e. The number of epoxide rings is 1. The first-order valence-corrected chi connectivity index (χ1v) is 20.2. The zero-order valence-corrected chi connectivity index (χ0v) is 35.1. The molecular formula is C40H57NO16S. The molecule has 0 bridgehead atoms. The number of ketones is 5. The van der Waals surface area contributed by atoms with Gasteiger partial charge in [0.1, 0.15) is 35.7 Å². The standard InChI is InChI=1S/C40H57NO16S/c1-18-11-10-12-26-28(55-26)14-27(56-31(47)15-29(46)37(8,9)34(50)20(3)32(18)48)19(2)13-25-17-58-30(41-25)16-54-36-39(52,23(6)44)40(53,24(7)45)38(51,22(5)43)35(57-36)33(49)21(4)42/h13,17-18,20,26-29,32-33,35-36,46,48-49,51-53H,10-12,14-16H2,1-9H3/t18-,20+,26+,27-,28-,29-,32-,33?,35+,36-,38+,39-,40-/m0/s1. The largest absolute Gasteiger partial charge is 0.458 e. The second kappa shape index (κ2) is 17.8. The minimum Gasteiger partial charge on any atom is -0.458 e. The van der Waals surface area contributed by atoms with E-state index in [9.17, 15) is 59.4 Å². The first kappa shape index (κ1) is 47.5. The second-order valence-corrected chi connectivity index (χ2v) is 17.6. The van der Waals surface area contributed by atoms with Gasteiger partial charge in [-0.3, -0.25) is 28.8 Å². The number of aliphatic hydroxyl groups is 6. The maximum Gasteiger partial charge on any atom is 0.309 e. The Morgan fingerprint density at radius 2 is 1.57 bits per heavy atom. The predicted octanol–water partition coefficient (Wildman–Crippen LogP) is 0.931. The molecule has 18 heteroatoms. The number of Topliss-reactive ketones (excluding diaryl/α,β-unsaturated/α-hetero) is 5. The molecular weight excluding hydrogens is 782 g/mol. The van der Waals surface area contributed by atoms with Crippen molar-refractivity contribution in [2.45, 2.75) is 167 Å². The summed E-state index contributed by atoms with van der Waals surface area (Å²) in [6.45, 7) is 10.8. The number of rotatable bonds is 10. The molecule has 1 unspecified atom stereocenters. The minimum absolute atomic E-state index is 0.100. The van der Waals surface area contributed by atoms with Crippen LogP contribution >= 0.6 is 11.3 Å². The molecule has 3 saturated heterocycles. The van der Waals surface area contributed by atoms with Gasteiger partial charge in [0.05, 0.1) is 41.9 Å². The van der Waals surface area contributed by atoms with Crippen molar-refractivity contribution in [1.29, 1.82) is 0 Å². The number of hydrogen-bond acceptors (Lipinski definition) is 18. The number of fused-ring (bicyclic) bond motifs is 1. The lowest BCUT2D eigenvalue weighted by Gasteiger charge is -2.57. The van der Waals surface area contributed by atoms with Crippen LogP contribution in [0.2, 0.25) is 0 Å². The van der Waals surface area contributed by atoms with Crippen molar-refractivity contribution >= 4 is 52.3 Å². The van der Waals surface area contributed by atoms with Crippen LogP contribution in [-0.2, 0) is 54.3 Å². The van der Waals surface area contributed by atoms with Gasteiger partial charge in [-0.2, -0.15) is 0 Å². The summed E-state index contributed by atoms with van der Waals surface area (Å²) in [5, 5.41) is 69.4. The molecule has 0 radical (unpaired) electrons. The molecule has 4 rings (SSSR count). The summed E-state index contributed by atoms with van der Waals surface area (Å²) in [6, 6.07) is 0. The molecule has 0 spiro atoms. The lowest BCUT2D eigenvalue weighted by Crippen LogP contribution is -2.87. The highest BCUT2D eigenvalue weighted by molar-refractivity contribution is 7.09. The van der Waals surface area contributed by atoms with Crippen LogP contribution in [0.5, 0.6) is 0 Å². The van der Waals surface area contributed by atoms with Crippen LogP contribution < -0.4 is 0 Å². The number of esters is 1. The summed E-state index contributed by atoms with van der Waals surface area (Å²) >= 11 is 1.04. The number of carbonyl (C=O) groups is 6. The van der Waals surface area contributed by atoms with Gasteiger partial charge in [0.2, 0.25) is 11.2 Å². The molecule has 0 aliphatic carbocycles. The van der Waals surface area contributed by atoms with Crippen molar-refractivity contribution in [2.75, 3.05) is 0 Å². The molecule has 17 nitrogen and oxygen atoms in total. The van der Waals surface area contributed by atoms with E-state index >= 15 is 0 Å². The van der Waals surface area contributed by atoms with E-state index < -0.39 is 107 Å². The fraction of sp³-hybridized carbons (Fsp3) is 0.725.